The molecule has 2 aromatic rings. The van der Waals surface area contributed by atoms with Crippen molar-refractivity contribution in [3.8, 4) is 0 Å². The maximum Gasteiger partial charge on any atom is 0.223 e. The third-order valence-electron chi connectivity index (χ3n) is 4.86. The normalized spacial score (nSPS) is 10.8. The quantitative estimate of drug-likeness (QED) is 0.651. The first-order chi connectivity index (χ1) is 12.9. The van der Waals surface area contributed by atoms with Crippen LogP contribution in [-0.2, 0) is 24.3 Å². The van der Waals surface area contributed by atoms with Crippen LogP contribution in [0.4, 0.5) is 0 Å². The Bertz CT molecular complexity index is 728. The summed E-state index contributed by atoms with van der Waals surface area (Å²) < 4.78 is 2.08. The minimum absolute atomic E-state index is 0. The molecule has 0 bridgehead atoms. The SMILES string of the molecule is Cc1nn(CC(C)C)c(C)c1CCC(=O)N(CCCN)Cc1ccccc1.Cl. The van der Waals surface area contributed by atoms with Crippen molar-refractivity contribution in [3.63, 3.8) is 0 Å². The second kappa shape index (κ2) is 11.9. The van der Waals surface area contributed by atoms with Gasteiger partial charge in [-0.3, -0.25) is 9.48 Å². The number of hydrogen-bond donors (Lipinski definition) is 1. The highest BCUT2D eigenvalue weighted by Gasteiger charge is 2.17. The maximum atomic E-state index is 12.9. The molecule has 1 aromatic carbocycles. The summed E-state index contributed by atoms with van der Waals surface area (Å²) in [7, 11) is 0. The van der Waals surface area contributed by atoms with Gasteiger partial charge in [-0.1, -0.05) is 44.2 Å². The number of benzene rings is 1. The van der Waals surface area contributed by atoms with E-state index in [2.05, 4.69) is 42.7 Å². The van der Waals surface area contributed by atoms with Crippen LogP contribution in [0, 0.1) is 19.8 Å². The molecule has 6 heteroatoms. The van der Waals surface area contributed by atoms with Crippen molar-refractivity contribution in [3.05, 3.63) is 52.8 Å². The predicted octanol–water partition coefficient (Wildman–Crippen LogP) is 3.89. The number of rotatable bonds is 10. The van der Waals surface area contributed by atoms with E-state index >= 15 is 0 Å². The van der Waals surface area contributed by atoms with Crippen molar-refractivity contribution in [2.45, 2.75) is 60.0 Å². The second-order valence-electron chi connectivity index (χ2n) is 7.67. The highest BCUT2D eigenvalue weighted by Crippen LogP contribution is 2.17. The average Bonchev–Trinajstić information content (AvgIpc) is 2.90. The van der Waals surface area contributed by atoms with Gasteiger partial charge in [0.05, 0.1) is 5.69 Å². The van der Waals surface area contributed by atoms with Gasteiger partial charge >= 0.3 is 0 Å². The lowest BCUT2D eigenvalue weighted by molar-refractivity contribution is -0.131. The molecule has 0 fully saturated rings. The molecular weight excluding hydrogens is 372 g/mol. The molecule has 0 spiro atoms. The summed E-state index contributed by atoms with van der Waals surface area (Å²) in [6, 6.07) is 10.1. The lowest BCUT2D eigenvalue weighted by Crippen LogP contribution is -2.32. The van der Waals surface area contributed by atoms with Gasteiger partial charge in [-0.15, -0.1) is 12.4 Å². The molecule has 5 nitrogen and oxygen atoms in total. The first-order valence-corrected chi connectivity index (χ1v) is 9.97. The minimum Gasteiger partial charge on any atom is -0.338 e. The molecule has 1 amide bonds. The van der Waals surface area contributed by atoms with Gasteiger partial charge in [0.2, 0.25) is 5.91 Å². The Kier molecular flexibility index (Phi) is 10.3. The highest BCUT2D eigenvalue weighted by molar-refractivity contribution is 5.85. The molecule has 0 unspecified atom stereocenters. The topological polar surface area (TPSA) is 64.2 Å². The van der Waals surface area contributed by atoms with Crippen LogP contribution in [-0.4, -0.2) is 33.7 Å². The first-order valence-electron chi connectivity index (χ1n) is 9.97. The lowest BCUT2D eigenvalue weighted by atomic mass is 10.1. The van der Waals surface area contributed by atoms with Crippen LogP contribution in [0.2, 0.25) is 0 Å². The molecule has 0 radical (unpaired) electrons. The third kappa shape index (κ3) is 6.95. The molecular formula is C22H35ClN4O. The zero-order valence-corrected chi connectivity index (χ0v) is 18.5. The van der Waals surface area contributed by atoms with E-state index in [0.717, 1.165) is 30.6 Å². The Morgan fingerprint density at radius 1 is 1.21 bits per heavy atom. The summed E-state index contributed by atoms with van der Waals surface area (Å²) in [5.41, 5.74) is 10.3. The Balaban J connectivity index is 0.00000392. The highest BCUT2D eigenvalue weighted by atomic mass is 35.5. The lowest BCUT2D eigenvalue weighted by Gasteiger charge is -2.23. The molecule has 1 heterocycles. The van der Waals surface area contributed by atoms with Gasteiger partial charge in [-0.2, -0.15) is 5.10 Å². The van der Waals surface area contributed by atoms with E-state index in [1.807, 2.05) is 30.0 Å². The van der Waals surface area contributed by atoms with E-state index in [9.17, 15) is 4.79 Å². The third-order valence-corrected chi connectivity index (χ3v) is 4.86. The largest absolute Gasteiger partial charge is 0.338 e. The molecule has 0 saturated heterocycles. The van der Waals surface area contributed by atoms with Crippen molar-refractivity contribution in [1.82, 2.24) is 14.7 Å². The fourth-order valence-corrected chi connectivity index (χ4v) is 3.39. The number of amides is 1. The Morgan fingerprint density at radius 2 is 1.89 bits per heavy atom. The summed E-state index contributed by atoms with van der Waals surface area (Å²) >= 11 is 0. The van der Waals surface area contributed by atoms with E-state index in [4.69, 9.17) is 5.73 Å². The van der Waals surface area contributed by atoms with E-state index in [0.29, 0.717) is 32.0 Å². The fraction of sp³-hybridized carbons (Fsp3) is 0.545. The predicted molar refractivity (Wildman–Crippen MR) is 118 cm³/mol. The van der Waals surface area contributed by atoms with Gasteiger partial charge in [-0.25, -0.2) is 0 Å². The van der Waals surface area contributed by atoms with E-state index in [1.165, 1.54) is 11.3 Å². The van der Waals surface area contributed by atoms with Crippen LogP contribution < -0.4 is 5.73 Å². The second-order valence-corrected chi connectivity index (χ2v) is 7.67. The Morgan fingerprint density at radius 3 is 2.50 bits per heavy atom. The monoisotopic (exact) mass is 406 g/mol. The number of carbonyl (C=O) groups is 1. The van der Waals surface area contributed by atoms with Crippen LogP contribution in [0.3, 0.4) is 0 Å². The molecule has 2 N–H and O–H groups in total. The zero-order chi connectivity index (χ0) is 19.8. The van der Waals surface area contributed by atoms with Crippen LogP contribution in [0.5, 0.6) is 0 Å². The Labute approximate surface area is 175 Å². The van der Waals surface area contributed by atoms with Gasteiger partial charge in [0.1, 0.15) is 0 Å². The molecule has 0 atom stereocenters. The number of nitrogens with zero attached hydrogens (tertiary/aromatic N) is 3. The molecule has 0 aliphatic rings. The smallest absolute Gasteiger partial charge is 0.223 e. The Hall–Kier alpha value is -1.85. The molecule has 2 rings (SSSR count). The molecule has 28 heavy (non-hydrogen) atoms. The van der Waals surface area contributed by atoms with Crippen LogP contribution in [0.15, 0.2) is 30.3 Å². The van der Waals surface area contributed by atoms with Gasteiger partial charge in [0.25, 0.3) is 0 Å². The van der Waals surface area contributed by atoms with E-state index in [1.54, 1.807) is 0 Å². The van der Waals surface area contributed by atoms with E-state index < -0.39 is 0 Å². The summed E-state index contributed by atoms with van der Waals surface area (Å²) in [5, 5.41) is 4.67. The molecule has 0 aliphatic heterocycles. The van der Waals surface area contributed by atoms with Crippen molar-refractivity contribution in [1.29, 1.82) is 0 Å². The zero-order valence-electron chi connectivity index (χ0n) is 17.6. The standard InChI is InChI=1S/C22H34N4O.ClH/c1-17(2)15-26-19(4)21(18(3)24-26)11-12-22(27)25(14-8-13-23)16-20-9-6-5-7-10-20;/h5-7,9-10,17H,8,11-16,23H2,1-4H3;1H. The molecule has 0 saturated carbocycles. The summed E-state index contributed by atoms with van der Waals surface area (Å²) in [4.78, 5) is 14.8. The summed E-state index contributed by atoms with van der Waals surface area (Å²) in [6.45, 7) is 11.4. The van der Waals surface area contributed by atoms with Crippen LogP contribution in [0.25, 0.3) is 0 Å². The number of aryl methyl sites for hydroxylation is 1. The van der Waals surface area contributed by atoms with Gasteiger partial charge in [0, 0.05) is 31.7 Å². The van der Waals surface area contributed by atoms with Crippen molar-refractivity contribution < 1.29 is 4.79 Å². The summed E-state index contributed by atoms with van der Waals surface area (Å²) in [6.07, 6.45) is 2.07. The van der Waals surface area contributed by atoms with Gasteiger partial charge in [0.15, 0.2) is 0 Å². The average molecular weight is 407 g/mol. The van der Waals surface area contributed by atoms with Crippen LogP contribution >= 0.6 is 12.4 Å². The van der Waals surface area contributed by atoms with Crippen molar-refractivity contribution >= 4 is 18.3 Å². The van der Waals surface area contributed by atoms with Crippen LogP contribution in [0.1, 0.15) is 49.2 Å². The number of hydrogen-bond acceptors (Lipinski definition) is 3. The molecule has 0 aliphatic carbocycles. The minimum atomic E-state index is 0. The summed E-state index contributed by atoms with van der Waals surface area (Å²) in [5.74, 6) is 0.734. The number of nitrogens with two attached hydrogens (primary N) is 1. The van der Waals surface area contributed by atoms with E-state index in [-0.39, 0.29) is 18.3 Å². The fourth-order valence-electron chi connectivity index (χ4n) is 3.39. The maximum absolute atomic E-state index is 12.9. The molecule has 1 aromatic heterocycles. The first kappa shape index (κ1) is 24.2. The number of halogens is 1. The number of aromatic nitrogens is 2. The number of carbonyl (C=O) groups excluding carboxylic acids is 1. The van der Waals surface area contributed by atoms with Gasteiger partial charge in [-0.05, 0) is 50.3 Å². The van der Waals surface area contributed by atoms with Crippen molar-refractivity contribution in [2.24, 2.45) is 11.7 Å². The molecule has 156 valence electrons. The van der Waals surface area contributed by atoms with Gasteiger partial charge < -0.3 is 10.6 Å². The van der Waals surface area contributed by atoms with Crippen molar-refractivity contribution in [2.75, 3.05) is 13.1 Å².